The van der Waals surface area contributed by atoms with Crippen LogP contribution in [0, 0.1) is 0 Å². The second-order valence-corrected chi connectivity index (χ2v) is 7.80. The first-order valence-corrected chi connectivity index (χ1v) is 9.32. The summed E-state index contributed by atoms with van der Waals surface area (Å²) < 4.78 is 11.7. The summed E-state index contributed by atoms with van der Waals surface area (Å²) in [6.45, 7) is 1.24. The molecule has 1 aliphatic heterocycles. The Kier molecular flexibility index (Phi) is 5.91. The van der Waals surface area contributed by atoms with Crippen LogP contribution in [0.3, 0.4) is 0 Å². The molecule has 0 unspecified atom stereocenters. The van der Waals surface area contributed by atoms with E-state index >= 15 is 0 Å². The molecule has 2 atom stereocenters. The summed E-state index contributed by atoms with van der Waals surface area (Å²) in [6.07, 6.45) is 2.71. The average Bonchev–Trinajstić information content (AvgIpc) is 2.98. The maximum atomic E-state index is 12.6. The molecule has 5 nitrogen and oxygen atoms in total. The van der Waals surface area contributed by atoms with Crippen LogP contribution >= 0.6 is 23.2 Å². The maximum Gasteiger partial charge on any atom is 0.224 e. The lowest BCUT2D eigenvalue weighted by Crippen LogP contribution is -2.57. The highest BCUT2D eigenvalue weighted by Gasteiger charge is 2.46. The van der Waals surface area contributed by atoms with Gasteiger partial charge in [-0.05, 0) is 38.2 Å². The SMILES string of the molecule is CN(C)[C@H]1CCC2(C[C@@H]1NC(=O)Cc1ccc(Cl)c(Cl)c1)OCCO2. The van der Waals surface area contributed by atoms with E-state index in [4.69, 9.17) is 32.7 Å². The minimum atomic E-state index is -0.534. The fourth-order valence-electron chi connectivity index (χ4n) is 3.76. The van der Waals surface area contributed by atoms with Gasteiger partial charge in [0.2, 0.25) is 5.91 Å². The Balaban J connectivity index is 1.66. The van der Waals surface area contributed by atoms with Gasteiger partial charge in [-0.1, -0.05) is 29.3 Å². The van der Waals surface area contributed by atoms with Crippen molar-refractivity contribution < 1.29 is 14.3 Å². The summed E-state index contributed by atoms with van der Waals surface area (Å²) in [6, 6.07) is 5.51. The molecule has 0 radical (unpaired) electrons. The van der Waals surface area contributed by atoms with Gasteiger partial charge in [-0.2, -0.15) is 0 Å². The van der Waals surface area contributed by atoms with Gasteiger partial charge in [0.05, 0.1) is 29.7 Å². The molecule has 3 rings (SSSR count). The minimum absolute atomic E-state index is 0.0166. The Morgan fingerprint density at radius 3 is 2.64 bits per heavy atom. The third-order valence-electron chi connectivity index (χ3n) is 4.99. The minimum Gasteiger partial charge on any atom is -0.351 e. The van der Waals surface area contributed by atoms with Gasteiger partial charge in [0.25, 0.3) is 0 Å². The van der Waals surface area contributed by atoms with Crippen molar-refractivity contribution in [3.05, 3.63) is 33.8 Å². The summed E-state index contributed by atoms with van der Waals surface area (Å²) in [5.41, 5.74) is 0.840. The molecule has 2 aliphatic rings. The Morgan fingerprint density at radius 2 is 2.00 bits per heavy atom. The van der Waals surface area contributed by atoms with Crippen LogP contribution in [0.1, 0.15) is 24.8 Å². The predicted octanol–water partition coefficient (Wildman–Crippen LogP) is 2.88. The maximum absolute atomic E-state index is 12.6. The lowest BCUT2D eigenvalue weighted by Gasteiger charge is -2.43. The average molecular weight is 387 g/mol. The number of hydrogen-bond donors (Lipinski definition) is 1. The molecule has 25 heavy (non-hydrogen) atoms. The molecule has 0 bridgehead atoms. The highest BCUT2D eigenvalue weighted by molar-refractivity contribution is 6.42. The summed E-state index contributed by atoms with van der Waals surface area (Å²) in [4.78, 5) is 14.7. The van der Waals surface area contributed by atoms with Gasteiger partial charge in [0, 0.05) is 24.9 Å². The van der Waals surface area contributed by atoms with Crippen LogP contribution in [0.15, 0.2) is 18.2 Å². The largest absolute Gasteiger partial charge is 0.351 e. The highest BCUT2D eigenvalue weighted by atomic mass is 35.5. The standard InChI is InChI=1S/C18H24Cl2N2O3/c1-22(2)16-5-6-18(24-7-8-25-18)11-15(16)21-17(23)10-12-3-4-13(19)14(20)9-12/h3-4,9,15-16H,5-8,10-11H2,1-2H3,(H,21,23)/t15-,16-/m0/s1. The van der Waals surface area contributed by atoms with Crippen molar-refractivity contribution in [3.63, 3.8) is 0 Å². The zero-order chi connectivity index (χ0) is 18.0. The van der Waals surface area contributed by atoms with Gasteiger partial charge in [0.1, 0.15) is 0 Å². The smallest absolute Gasteiger partial charge is 0.224 e. The van der Waals surface area contributed by atoms with Crippen molar-refractivity contribution in [1.29, 1.82) is 0 Å². The first-order chi connectivity index (χ1) is 11.9. The Hall–Kier alpha value is -0.850. The van der Waals surface area contributed by atoms with Gasteiger partial charge in [-0.3, -0.25) is 4.79 Å². The van der Waals surface area contributed by atoms with E-state index in [1.54, 1.807) is 12.1 Å². The molecular formula is C18H24Cl2N2O3. The fourth-order valence-corrected chi connectivity index (χ4v) is 4.08. The summed E-state index contributed by atoms with van der Waals surface area (Å²) >= 11 is 12.0. The Bertz CT molecular complexity index is 633. The van der Waals surface area contributed by atoms with E-state index in [0.717, 1.165) is 18.4 Å². The first kappa shape index (κ1) is 18.9. The van der Waals surface area contributed by atoms with Gasteiger partial charge >= 0.3 is 0 Å². The zero-order valence-electron chi connectivity index (χ0n) is 14.6. The van der Waals surface area contributed by atoms with E-state index < -0.39 is 5.79 Å². The second kappa shape index (κ2) is 7.80. The first-order valence-electron chi connectivity index (χ1n) is 8.56. The van der Waals surface area contributed by atoms with Gasteiger partial charge in [0.15, 0.2) is 5.79 Å². The molecular weight excluding hydrogens is 363 g/mol. The normalized spacial score (nSPS) is 25.5. The summed E-state index contributed by atoms with van der Waals surface area (Å²) in [7, 11) is 4.08. The van der Waals surface area contributed by atoms with E-state index in [1.165, 1.54) is 0 Å². The molecule has 1 spiro atoms. The monoisotopic (exact) mass is 386 g/mol. The molecule has 1 aromatic carbocycles. The number of carbonyl (C=O) groups is 1. The summed E-state index contributed by atoms with van der Waals surface area (Å²) in [5.74, 6) is -0.570. The van der Waals surface area contributed by atoms with E-state index in [0.29, 0.717) is 29.7 Å². The number of nitrogens with zero attached hydrogens (tertiary/aromatic N) is 1. The van der Waals surface area contributed by atoms with Crippen molar-refractivity contribution in [2.75, 3.05) is 27.3 Å². The van der Waals surface area contributed by atoms with Crippen molar-refractivity contribution in [1.82, 2.24) is 10.2 Å². The number of nitrogens with one attached hydrogen (secondary N) is 1. The molecule has 1 aromatic rings. The molecule has 1 saturated heterocycles. The van der Waals surface area contributed by atoms with Crippen molar-refractivity contribution in [2.24, 2.45) is 0 Å². The number of likely N-dealkylation sites (N-methyl/N-ethyl adjacent to an activating group) is 1. The topological polar surface area (TPSA) is 50.8 Å². The van der Waals surface area contributed by atoms with E-state index in [1.807, 2.05) is 20.2 Å². The van der Waals surface area contributed by atoms with Crippen LogP contribution in [-0.2, 0) is 20.7 Å². The Morgan fingerprint density at radius 1 is 1.28 bits per heavy atom. The van der Waals surface area contributed by atoms with Gasteiger partial charge in [-0.15, -0.1) is 0 Å². The number of rotatable bonds is 4. The van der Waals surface area contributed by atoms with Gasteiger partial charge < -0.3 is 19.7 Å². The molecule has 1 amide bonds. The molecule has 1 N–H and O–H groups in total. The van der Waals surface area contributed by atoms with E-state index in [-0.39, 0.29) is 24.4 Å². The lowest BCUT2D eigenvalue weighted by atomic mass is 9.84. The quantitative estimate of drug-likeness (QED) is 0.863. The van der Waals surface area contributed by atoms with Crippen LogP contribution < -0.4 is 5.32 Å². The van der Waals surface area contributed by atoms with Crippen LogP contribution in [0.4, 0.5) is 0 Å². The molecule has 7 heteroatoms. The number of carbonyl (C=O) groups excluding carboxylic acids is 1. The number of amides is 1. The van der Waals surface area contributed by atoms with Crippen LogP contribution in [0.5, 0.6) is 0 Å². The fraction of sp³-hybridized carbons (Fsp3) is 0.611. The van der Waals surface area contributed by atoms with Crippen molar-refractivity contribution >= 4 is 29.1 Å². The molecule has 1 saturated carbocycles. The lowest BCUT2D eigenvalue weighted by molar-refractivity contribution is -0.189. The molecule has 138 valence electrons. The van der Waals surface area contributed by atoms with Gasteiger partial charge in [-0.25, -0.2) is 0 Å². The predicted molar refractivity (Wildman–Crippen MR) is 98.1 cm³/mol. The molecule has 1 heterocycles. The third kappa shape index (κ3) is 4.47. The molecule has 1 aliphatic carbocycles. The highest BCUT2D eigenvalue weighted by Crippen LogP contribution is 2.37. The number of hydrogen-bond acceptors (Lipinski definition) is 4. The molecule has 2 fully saturated rings. The van der Waals surface area contributed by atoms with E-state index in [9.17, 15) is 4.79 Å². The van der Waals surface area contributed by atoms with Crippen LogP contribution in [0.2, 0.25) is 10.0 Å². The van der Waals surface area contributed by atoms with Crippen LogP contribution in [0.25, 0.3) is 0 Å². The van der Waals surface area contributed by atoms with Crippen molar-refractivity contribution in [3.8, 4) is 0 Å². The second-order valence-electron chi connectivity index (χ2n) is 6.98. The summed E-state index contributed by atoms with van der Waals surface area (Å²) in [5, 5.41) is 4.12. The van der Waals surface area contributed by atoms with E-state index in [2.05, 4.69) is 10.2 Å². The van der Waals surface area contributed by atoms with Crippen LogP contribution in [-0.4, -0.2) is 56.0 Å². The Labute approximate surface area is 158 Å². The molecule has 0 aromatic heterocycles. The third-order valence-corrected chi connectivity index (χ3v) is 5.73. The number of halogens is 2. The van der Waals surface area contributed by atoms with Crippen molar-refractivity contribution in [2.45, 2.75) is 43.6 Å². The number of ether oxygens (including phenoxy) is 2. The number of benzene rings is 1. The zero-order valence-corrected chi connectivity index (χ0v) is 16.1.